The monoisotopic (exact) mass is 353 g/mol. The molecule has 0 aliphatic rings. The molecule has 0 N–H and O–H groups in total. The molecule has 0 aliphatic carbocycles. The fourth-order valence-corrected chi connectivity index (χ4v) is 2.67. The molecule has 0 atom stereocenters. The molecule has 22 heavy (non-hydrogen) atoms. The maximum absolute atomic E-state index is 11.0. The largest absolute Gasteiger partial charge is 0.270 e. The Bertz CT molecular complexity index is 829. The van der Waals surface area contributed by atoms with Crippen LogP contribution in [0.4, 0.5) is 5.69 Å². The Kier molecular flexibility index (Phi) is 4.02. The van der Waals surface area contributed by atoms with Crippen molar-refractivity contribution < 1.29 is 4.92 Å². The number of nitro benzene ring substituents is 1. The van der Waals surface area contributed by atoms with E-state index in [1.165, 1.54) is 6.07 Å². The van der Waals surface area contributed by atoms with Crippen LogP contribution in [0.1, 0.15) is 0 Å². The van der Waals surface area contributed by atoms with E-state index in [2.05, 4.69) is 15.9 Å². The van der Waals surface area contributed by atoms with Gasteiger partial charge in [0.1, 0.15) is 0 Å². The summed E-state index contributed by atoms with van der Waals surface area (Å²) in [7, 11) is 0. The van der Waals surface area contributed by atoms with Gasteiger partial charge in [-0.1, -0.05) is 64.5 Å². The minimum absolute atomic E-state index is 0.100. The summed E-state index contributed by atoms with van der Waals surface area (Å²) >= 11 is 3.43. The molecule has 3 nitrogen and oxygen atoms in total. The van der Waals surface area contributed by atoms with Gasteiger partial charge in [0.15, 0.2) is 0 Å². The number of benzene rings is 3. The smallest absolute Gasteiger partial charge is 0.258 e. The third kappa shape index (κ3) is 2.92. The number of hydrogen-bond acceptors (Lipinski definition) is 2. The van der Waals surface area contributed by atoms with Crippen molar-refractivity contribution in [2.45, 2.75) is 0 Å². The van der Waals surface area contributed by atoms with Crippen LogP contribution in [0.3, 0.4) is 0 Å². The van der Waals surface area contributed by atoms with E-state index in [1.807, 2.05) is 54.6 Å². The molecule has 3 aromatic carbocycles. The lowest BCUT2D eigenvalue weighted by Crippen LogP contribution is -1.89. The van der Waals surface area contributed by atoms with Crippen LogP contribution in [-0.4, -0.2) is 4.92 Å². The van der Waals surface area contributed by atoms with Crippen molar-refractivity contribution in [3.8, 4) is 22.3 Å². The Morgan fingerprint density at radius 2 is 1.41 bits per heavy atom. The molecule has 0 spiro atoms. The molecule has 0 aliphatic heterocycles. The van der Waals surface area contributed by atoms with Gasteiger partial charge in [-0.05, 0) is 34.4 Å². The van der Waals surface area contributed by atoms with E-state index in [0.717, 1.165) is 26.7 Å². The molecule has 0 fully saturated rings. The van der Waals surface area contributed by atoms with Crippen LogP contribution in [0.2, 0.25) is 0 Å². The Labute approximate surface area is 136 Å². The van der Waals surface area contributed by atoms with Crippen LogP contribution in [0, 0.1) is 10.1 Å². The van der Waals surface area contributed by atoms with Gasteiger partial charge in [0.25, 0.3) is 5.69 Å². The lowest BCUT2D eigenvalue weighted by Gasteiger charge is -2.10. The summed E-state index contributed by atoms with van der Waals surface area (Å²) in [5, 5.41) is 11.0. The first-order valence-electron chi connectivity index (χ1n) is 6.75. The predicted octanol–water partition coefficient (Wildman–Crippen LogP) is 5.69. The Morgan fingerprint density at radius 1 is 0.773 bits per heavy atom. The van der Waals surface area contributed by atoms with Crippen LogP contribution < -0.4 is 0 Å². The second kappa shape index (κ2) is 6.12. The zero-order valence-corrected chi connectivity index (χ0v) is 13.2. The summed E-state index contributed by atoms with van der Waals surface area (Å²) in [6.45, 7) is 0. The number of hydrogen-bond donors (Lipinski definition) is 0. The van der Waals surface area contributed by atoms with Crippen molar-refractivity contribution in [3.05, 3.63) is 87.4 Å². The normalized spacial score (nSPS) is 10.4. The minimum Gasteiger partial charge on any atom is -0.258 e. The van der Waals surface area contributed by atoms with E-state index in [0.29, 0.717) is 0 Å². The molecular formula is C18H12BrNO2. The first kappa shape index (κ1) is 14.5. The number of nitro groups is 1. The lowest BCUT2D eigenvalue weighted by molar-refractivity contribution is -0.384. The van der Waals surface area contributed by atoms with Crippen LogP contribution in [0.15, 0.2) is 77.3 Å². The summed E-state index contributed by atoms with van der Waals surface area (Å²) in [5.41, 5.74) is 4.05. The molecule has 0 saturated carbocycles. The average Bonchev–Trinajstić information content (AvgIpc) is 2.56. The predicted molar refractivity (Wildman–Crippen MR) is 91.7 cm³/mol. The maximum atomic E-state index is 11.0. The molecule has 4 heteroatoms. The molecule has 0 amide bonds. The maximum Gasteiger partial charge on any atom is 0.270 e. The average molecular weight is 354 g/mol. The summed E-state index contributed by atoms with van der Waals surface area (Å²) in [6, 6.07) is 22.7. The first-order valence-corrected chi connectivity index (χ1v) is 7.54. The molecule has 0 heterocycles. The fraction of sp³-hybridized carbons (Fsp3) is 0. The van der Waals surface area contributed by atoms with Gasteiger partial charge in [0.2, 0.25) is 0 Å². The molecular weight excluding hydrogens is 342 g/mol. The molecule has 0 aromatic heterocycles. The van der Waals surface area contributed by atoms with Gasteiger partial charge in [-0.2, -0.15) is 0 Å². The number of halogens is 1. The van der Waals surface area contributed by atoms with Crippen molar-refractivity contribution in [2.24, 2.45) is 0 Å². The summed E-state index contributed by atoms with van der Waals surface area (Å²) in [4.78, 5) is 10.6. The van der Waals surface area contributed by atoms with Crippen LogP contribution in [0.25, 0.3) is 22.3 Å². The molecule has 3 rings (SSSR count). The Hall–Kier alpha value is -2.46. The molecule has 0 radical (unpaired) electrons. The SMILES string of the molecule is O=[N+]([O-])c1cccc(-c2ccccc2-c2ccc(Br)cc2)c1. The fourth-order valence-electron chi connectivity index (χ4n) is 2.40. The summed E-state index contributed by atoms with van der Waals surface area (Å²) < 4.78 is 1.02. The highest BCUT2D eigenvalue weighted by Crippen LogP contribution is 2.33. The topological polar surface area (TPSA) is 43.1 Å². The molecule has 0 saturated heterocycles. The van der Waals surface area contributed by atoms with E-state index in [9.17, 15) is 10.1 Å². The first-order chi connectivity index (χ1) is 10.6. The molecule has 0 unspecified atom stereocenters. The van der Waals surface area contributed by atoms with Gasteiger partial charge in [0, 0.05) is 16.6 Å². The molecule has 0 bridgehead atoms. The van der Waals surface area contributed by atoms with Gasteiger partial charge in [0.05, 0.1) is 4.92 Å². The van der Waals surface area contributed by atoms with Crippen LogP contribution in [0.5, 0.6) is 0 Å². The van der Waals surface area contributed by atoms with Crippen molar-refractivity contribution >= 4 is 21.6 Å². The van der Waals surface area contributed by atoms with E-state index in [1.54, 1.807) is 12.1 Å². The second-order valence-electron chi connectivity index (χ2n) is 4.86. The summed E-state index contributed by atoms with van der Waals surface area (Å²) in [5.74, 6) is 0. The quantitative estimate of drug-likeness (QED) is 0.448. The van der Waals surface area contributed by atoms with Crippen molar-refractivity contribution in [1.29, 1.82) is 0 Å². The van der Waals surface area contributed by atoms with Gasteiger partial charge in [-0.25, -0.2) is 0 Å². The van der Waals surface area contributed by atoms with E-state index < -0.39 is 0 Å². The Balaban J connectivity index is 2.14. The lowest BCUT2D eigenvalue weighted by atomic mass is 9.94. The molecule has 3 aromatic rings. The van der Waals surface area contributed by atoms with E-state index in [-0.39, 0.29) is 10.6 Å². The number of nitrogens with zero attached hydrogens (tertiary/aromatic N) is 1. The molecule has 108 valence electrons. The Morgan fingerprint density at radius 3 is 2.05 bits per heavy atom. The van der Waals surface area contributed by atoms with Crippen molar-refractivity contribution in [1.82, 2.24) is 0 Å². The highest BCUT2D eigenvalue weighted by Gasteiger charge is 2.11. The zero-order chi connectivity index (χ0) is 15.5. The van der Waals surface area contributed by atoms with E-state index >= 15 is 0 Å². The standard InChI is InChI=1S/C18H12BrNO2/c19-15-10-8-13(9-11-15)17-6-1-2-7-18(17)14-4-3-5-16(12-14)20(21)22/h1-12H. The van der Waals surface area contributed by atoms with Gasteiger partial charge in [-0.3, -0.25) is 10.1 Å². The van der Waals surface area contributed by atoms with Crippen LogP contribution in [-0.2, 0) is 0 Å². The summed E-state index contributed by atoms with van der Waals surface area (Å²) in [6.07, 6.45) is 0. The highest BCUT2D eigenvalue weighted by atomic mass is 79.9. The van der Waals surface area contributed by atoms with Gasteiger partial charge >= 0.3 is 0 Å². The third-order valence-electron chi connectivity index (χ3n) is 3.45. The highest BCUT2D eigenvalue weighted by molar-refractivity contribution is 9.10. The van der Waals surface area contributed by atoms with Gasteiger partial charge < -0.3 is 0 Å². The van der Waals surface area contributed by atoms with Crippen molar-refractivity contribution in [2.75, 3.05) is 0 Å². The minimum atomic E-state index is -0.369. The second-order valence-corrected chi connectivity index (χ2v) is 5.78. The van der Waals surface area contributed by atoms with Gasteiger partial charge in [-0.15, -0.1) is 0 Å². The van der Waals surface area contributed by atoms with E-state index in [4.69, 9.17) is 0 Å². The van der Waals surface area contributed by atoms with Crippen LogP contribution >= 0.6 is 15.9 Å². The number of non-ortho nitro benzene ring substituents is 1. The zero-order valence-electron chi connectivity index (χ0n) is 11.6. The third-order valence-corrected chi connectivity index (χ3v) is 3.98. The number of rotatable bonds is 3. The van der Waals surface area contributed by atoms with Crippen molar-refractivity contribution in [3.63, 3.8) is 0 Å².